The lowest BCUT2D eigenvalue weighted by Gasteiger charge is -2.34. The van der Waals surface area contributed by atoms with Crippen molar-refractivity contribution in [1.29, 1.82) is 0 Å². The molecule has 5 rings (SSSR count). The van der Waals surface area contributed by atoms with Crippen LogP contribution in [-0.2, 0) is 0 Å². The fourth-order valence-corrected chi connectivity index (χ4v) is 4.99. The Kier molecular flexibility index (Phi) is 6.31. The zero-order valence-electron chi connectivity index (χ0n) is 18.7. The van der Waals surface area contributed by atoms with Crippen molar-refractivity contribution in [2.45, 2.75) is 24.7 Å². The van der Waals surface area contributed by atoms with Crippen molar-refractivity contribution in [2.75, 3.05) is 40.0 Å². The zero-order chi connectivity index (χ0) is 21.8. The van der Waals surface area contributed by atoms with Gasteiger partial charge in [-0.25, -0.2) is 0 Å². The average molecular weight is 430 g/mol. The summed E-state index contributed by atoms with van der Waals surface area (Å²) in [6.07, 6.45) is 2.63. The molecule has 0 bridgehead atoms. The Labute approximate surface area is 190 Å². The van der Waals surface area contributed by atoms with Crippen LogP contribution in [0.4, 0.5) is 0 Å². The van der Waals surface area contributed by atoms with E-state index in [2.05, 4.69) is 65.6 Å². The Morgan fingerprint density at radius 1 is 0.875 bits per heavy atom. The highest BCUT2D eigenvalue weighted by Crippen LogP contribution is 2.47. The second-order valence-corrected chi connectivity index (χ2v) is 8.68. The minimum absolute atomic E-state index is 0.214. The Balaban J connectivity index is 1.39. The van der Waals surface area contributed by atoms with Gasteiger partial charge in [-0.2, -0.15) is 0 Å². The molecule has 0 spiro atoms. The van der Waals surface area contributed by atoms with Crippen LogP contribution < -0.4 is 14.2 Å². The van der Waals surface area contributed by atoms with Gasteiger partial charge in [-0.1, -0.05) is 48.5 Å². The Bertz CT molecular complexity index is 1010. The van der Waals surface area contributed by atoms with E-state index in [1.807, 2.05) is 12.1 Å². The first kappa shape index (κ1) is 20.9. The zero-order valence-corrected chi connectivity index (χ0v) is 18.7. The monoisotopic (exact) mass is 429 g/mol. The molecule has 0 aromatic heterocycles. The molecule has 1 fully saturated rings. The normalized spacial score (nSPS) is 20.4. The van der Waals surface area contributed by atoms with Crippen molar-refractivity contribution in [3.8, 4) is 17.2 Å². The lowest BCUT2D eigenvalue weighted by Crippen LogP contribution is -2.25. The summed E-state index contributed by atoms with van der Waals surface area (Å²) in [7, 11) is 1.69. The predicted octanol–water partition coefficient (Wildman–Crippen LogP) is 5.48. The summed E-state index contributed by atoms with van der Waals surface area (Å²) < 4.78 is 17.7. The summed E-state index contributed by atoms with van der Waals surface area (Å²) in [4.78, 5) is 2.48. The maximum atomic E-state index is 6.20. The van der Waals surface area contributed by atoms with E-state index in [0.29, 0.717) is 6.61 Å². The van der Waals surface area contributed by atoms with Gasteiger partial charge in [-0.15, -0.1) is 0 Å². The second kappa shape index (κ2) is 9.66. The van der Waals surface area contributed by atoms with Crippen molar-refractivity contribution in [2.24, 2.45) is 0 Å². The number of ether oxygens (including phenoxy) is 3. The van der Waals surface area contributed by atoms with E-state index in [1.54, 1.807) is 7.11 Å². The molecule has 3 aromatic rings. The number of methoxy groups -OCH3 is 1. The van der Waals surface area contributed by atoms with Crippen LogP contribution in [0.1, 0.15) is 41.4 Å². The largest absolute Gasteiger partial charge is 0.497 e. The van der Waals surface area contributed by atoms with Gasteiger partial charge in [-0.05, 0) is 55.3 Å². The van der Waals surface area contributed by atoms with E-state index >= 15 is 0 Å². The molecule has 2 aliphatic heterocycles. The maximum Gasteiger partial charge on any atom is 0.126 e. The number of fused-ring (bicyclic) bond motifs is 1. The molecular formula is C28H31NO3. The number of hydrogen-bond donors (Lipinski definition) is 0. The topological polar surface area (TPSA) is 30.9 Å². The minimum atomic E-state index is 0.214. The molecule has 0 N–H and O–H groups in total. The van der Waals surface area contributed by atoms with Crippen LogP contribution in [0.3, 0.4) is 0 Å². The Morgan fingerprint density at radius 3 is 2.38 bits per heavy atom. The van der Waals surface area contributed by atoms with Crippen molar-refractivity contribution in [1.82, 2.24) is 4.90 Å². The van der Waals surface area contributed by atoms with Crippen molar-refractivity contribution < 1.29 is 14.2 Å². The molecule has 2 unspecified atom stereocenters. The Hall–Kier alpha value is -2.98. The van der Waals surface area contributed by atoms with Gasteiger partial charge in [0.1, 0.15) is 23.9 Å². The van der Waals surface area contributed by atoms with Crippen LogP contribution in [0.2, 0.25) is 0 Å². The van der Waals surface area contributed by atoms with Crippen LogP contribution in [0.5, 0.6) is 17.2 Å². The molecule has 166 valence electrons. The van der Waals surface area contributed by atoms with Gasteiger partial charge in [0.2, 0.25) is 0 Å². The van der Waals surface area contributed by atoms with Crippen LogP contribution in [-0.4, -0.2) is 44.9 Å². The first-order valence-electron chi connectivity index (χ1n) is 11.6. The number of rotatable bonds is 7. The lowest BCUT2D eigenvalue weighted by atomic mass is 9.76. The van der Waals surface area contributed by atoms with Gasteiger partial charge < -0.3 is 14.2 Å². The minimum Gasteiger partial charge on any atom is -0.497 e. The lowest BCUT2D eigenvalue weighted by molar-refractivity contribution is 0.237. The van der Waals surface area contributed by atoms with Crippen molar-refractivity contribution >= 4 is 0 Å². The number of likely N-dealkylation sites (tertiary alicyclic amines) is 1. The van der Waals surface area contributed by atoms with E-state index in [9.17, 15) is 0 Å². The van der Waals surface area contributed by atoms with Crippen LogP contribution >= 0.6 is 0 Å². The fraction of sp³-hybridized carbons (Fsp3) is 0.357. The quantitative estimate of drug-likeness (QED) is 0.498. The summed E-state index contributed by atoms with van der Waals surface area (Å²) >= 11 is 0. The standard InChI is InChI=1S/C28H31NO3/c1-30-24-13-14-25-27(19-24)32-20-26(21-7-3-2-4-8-21)28(25)22-9-11-23(12-10-22)31-18-17-29-15-5-6-16-29/h2-4,7-14,19,26,28H,5-6,15-18,20H2,1H3. The van der Waals surface area contributed by atoms with Gasteiger partial charge in [0.15, 0.2) is 0 Å². The van der Waals surface area contributed by atoms with Crippen molar-refractivity contribution in [3.63, 3.8) is 0 Å². The summed E-state index contributed by atoms with van der Waals surface area (Å²) in [6, 6.07) is 25.5. The molecule has 0 aliphatic carbocycles. The highest BCUT2D eigenvalue weighted by molar-refractivity contribution is 5.51. The summed E-state index contributed by atoms with van der Waals surface area (Å²) in [5.74, 6) is 3.13. The van der Waals surface area contributed by atoms with Gasteiger partial charge in [0.05, 0.1) is 13.7 Å². The third kappa shape index (κ3) is 4.46. The maximum absolute atomic E-state index is 6.20. The third-order valence-electron chi connectivity index (χ3n) is 6.72. The molecule has 0 amide bonds. The molecule has 4 nitrogen and oxygen atoms in total. The van der Waals surface area contributed by atoms with Crippen molar-refractivity contribution in [3.05, 3.63) is 89.5 Å². The van der Waals surface area contributed by atoms with E-state index in [-0.39, 0.29) is 11.8 Å². The molecular weight excluding hydrogens is 398 g/mol. The molecule has 1 saturated heterocycles. The third-order valence-corrected chi connectivity index (χ3v) is 6.72. The molecule has 2 aliphatic rings. The smallest absolute Gasteiger partial charge is 0.126 e. The first-order chi connectivity index (χ1) is 15.8. The van der Waals surface area contributed by atoms with Crippen LogP contribution in [0, 0.1) is 0 Å². The summed E-state index contributed by atoms with van der Waals surface area (Å²) in [5, 5.41) is 0. The first-order valence-corrected chi connectivity index (χ1v) is 11.6. The molecule has 0 radical (unpaired) electrons. The number of hydrogen-bond acceptors (Lipinski definition) is 4. The van der Waals surface area contributed by atoms with Crippen LogP contribution in [0.15, 0.2) is 72.8 Å². The van der Waals surface area contributed by atoms with Gasteiger partial charge in [0, 0.05) is 30.0 Å². The SMILES string of the molecule is COc1ccc2c(c1)OCC(c1ccccc1)C2c1ccc(OCCN2CCCC2)cc1. The van der Waals surface area contributed by atoms with E-state index in [1.165, 1.54) is 42.6 Å². The second-order valence-electron chi connectivity index (χ2n) is 8.68. The highest BCUT2D eigenvalue weighted by Gasteiger charge is 2.33. The van der Waals surface area contributed by atoms with Crippen LogP contribution in [0.25, 0.3) is 0 Å². The summed E-state index contributed by atoms with van der Waals surface area (Å²) in [5.41, 5.74) is 3.78. The van der Waals surface area contributed by atoms with Gasteiger partial charge in [0.25, 0.3) is 0 Å². The summed E-state index contributed by atoms with van der Waals surface area (Å²) in [6.45, 7) is 4.80. The molecule has 0 saturated carbocycles. The molecule has 32 heavy (non-hydrogen) atoms. The highest BCUT2D eigenvalue weighted by atomic mass is 16.5. The predicted molar refractivity (Wildman–Crippen MR) is 127 cm³/mol. The average Bonchev–Trinajstić information content (AvgIpc) is 3.37. The molecule has 2 atom stereocenters. The Morgan fingerprint density at radius 2 is 1.62 bits per heavy atom. The molecule has 2 heterocycles. The number of nitrogens with zero attached hydrogens (tertiary/aromatic N) is 1. The van der Waals surface area contributed by atoms with E-state index in [0.717, 1.165) is 30.4 Å². The van der Waals surface area contributed by atoms with Gasteiger partial charge >= 0.3 is 0 Å². The molecule has 4 heteroatoms. The van der Waals surface area contributed by atoms with E-state index < -0.39 is 0 Å². The van der Waals surface area contributed by atoms with Gasteiger partial charge in [-0.3, -0.25) is 4.90 Å². The fourth-order valence-electron chi connectivity index (χ4n) is 4.99. The van der Waals surface area contributed by atoms with E-state index in [4.69, 9.17) is 14.2 Å². The molecule has 3 aromatic carbocycles. The number of benzene rings is 3.